The minimum Gasteiger partial charge on any atom is -0.439 e. The van der Waals surface area contributed by atoms with Crippen LogP contribution in [0.4, 0.5) is 5.69 Å². The number of nitriles is 1. The number of allylic oxidation sites excluding steroid dienone is 1. The maximum atomic E-state index is 11.7. The number of nitro groups is 1. The summed E-state index contributed by atoms with van der Waals surface area (Å²) in [5.74, 6) is -0.438. The summed E-state index contributed by atoms with van der Waals surface area (Å²) in [6, 6.07) is 19.6. The molecule has 7 nitrogen and oxygen atoms in total. The molecule has 1 unspecified atom stereocenters. The van der Waals surface area contributed by atoms with E-state index in [0.29, 0.717) is 16.9 Å². The van der Waals surface area contributed by atoms with Gasteiger partial charge in [0.15, 0.2) is 0 Å². The fourth-order valence-corrected chi connectivity index (χ4v) is 3.58. The first kappa shape index (κ1) is 18.2. The second kappa shape index (κ2) is 7.09. The van der Waals surface area contributed by atoms with Gasteiger partial charge in [0.05, 0.1) is 10.8 Å². The monoisotopic (exact) mass is 385 g/mol. The molecular weight excluding hydrogens is 370 g/mol. The molecule has 1 amide bonds. The second-order valence-corrected chi connectivity index (χ2v) is 6.63. The van der Waals surface area contributed by atoms with E-state index in [1.807, 2.05) is 36.4 Å². The van der Waals surface area contributed by atoms with E-state index in [0.717, 1.165) is 10.8 Å². The number of nitrogens with one attached hydrogen (secondary N) is 1. The van der Waals surface area contributed by atoms with Crippen molar-refractivity contribution in [1.29, 1.82) is 5.26 Å². The van der Waals surface area contributed by atoms with Gasteiger partial charge < -0.3 is 4.74 Å². The summed E-state index contributed by atoms with van der Waals surface area (Å²) in [5.41, 5.74) is 1.38. The number of benzene rings is 3. The van der Waals surface area contributed by atoms with Gasteiger partial charge in [-0.25, -0.2) is 0 Å². The normalized spacial score (nSPS) is 15.2. The lowest BCUT2D eigenvalue weighted by Gasteiger charge is -2.28. The molecule has 7 heteroatoms. The Morgan fingerprint density at radius 1 is 1.17 bits per heavy atom. The lowest BCUT2D eigenvalue weighted by molar-refractivity contribution is -0.384. The highest BCUT2D eigenvalue weighted by Crippen LogP contribution is 2.46. The van der Waals surface area contributed by atoms with Crippen molar-refractivity contribution in [2.45, 2.75) is 12.8 Å². The largest absolute Gasteiger partial charge is 0.439 e. The van der Waals surface area contributed by atoms with Crippen LogP contribution in [0.1, 0.15) is 24.0 Å². The van der Waals surface area contributed by atoms with Crippen molar-refractivity contribution in [2.75, 3.05) is 0 Å². The number of amides is 1. The summed E-state index contributed by atoms with van der Waals surface area (Å²) in [6.07, 6.45) is 0. The molecule has 1 atom stereocenters. The molecule has 0 spiro atoms. The predicted molar refractivity (Wildman–Crippen MR) is 106 cm³/mol. The number of nitro benzene ring substituents is 1. The molecular formula is C22H15N3O4. The molecule has 0 bridgehead atoms. The van der Waals surface area contributed by atoms with E-state index in [4.69, 9.17) is 4.74 Å². The van der Waals surface area contributed by atoms with Crippen LogP contribution in [-0.2, 0) is 4.79 Å². The van der Waals surface area contributed by atoms with Crippen LogP contribution in [0.5, 0.6) is 5.75 Å². The van der Waals surface area contributed by atoms with Gasteiger partial charge in [-0.1, -0.05) is 48.5 Å². The van der Waals surface area contributed by atoms with E-state index in [1.54, 1.807) is 12.1 Å². The van der Waals surface area contributed by atoms with E-state index in [2.05, 4.69) is 11.4 Å². The van der Waals surface area contributed by atoms with Crippen LogP contribution in [0.25, 0.3) is 10.8 Å². The number of rotatable bonds is 3. The number of fused-ring (bicyclic) bond motifs is 3. The highest BCUT2D eigenvalue weighted by molar-refractivity contribution is 5.91. The van der Waals surface area contributed by atoms with Gasteiger partial charge in [-0.3, -0.25) is 20.2 Å². The van der Waals surface area contributed by atoms with Gasteiger partial charge in [-0.2, -0.15) is 5.26 Å². The second-order valence-electron chi connectivity index (χ2n) is 6.63. The third kappa shape index (κ3) is 3.17. The minimum atomic E-state index is -0.616. The maximum absolute atomic E-state index is 11.7. The molecule has 3 aromatic carbocycles. The van der Waals surface area contributed by atoms with E-state index in [-0.39, 0.29) is 23.1 Å². The fraction of sp³-hybridized carbons (Fsp3) is 0.0909. The summed E-state index contributed by atoms with van der Waals surface area (Å²) in [5, 5.41) is 25.5. The van der Waals surface area contributed by atoms with E-state index >= 15 is 0 Å². The number of hydrogen-bond donors (Lipinski definition) is 1. The highest BCUT2D eigenvalue weighted by Gasteiger charge is 2.33. The van der Waals surface area contributed by atoms with Crippen LogP contribution < -0.4 is 10.1 Å². The molecule has 1 aliphatic rings. The minimum absolute atomic E-state index is 0.0420. The number of ether oxygens (including phenoxy) is 1. The summed E-state index contributed by atoms with van der Waals surface area (Å²) in [4.78, 5) is 22.5. The predicted octanol–water partition coefficient (Wildman–Crippen LogP) is 4.14. The van der Waals surface area contributed by atoms with Crippen LogP contribution in [0.15, 0.2) is 72.1 Å². The van der Waals surface area contributed by atoms with E-state index in [9.17, 15) is 20.2 Å². The highest BCUT2D eigenvalue weighted by atomic mass is 16.6. The molecule has 1 aliphatic heterocycles. The number of non-ortho nitro benzene ring substituents is 1. The fourth-order valence-electron chi connectivity index (χ4n) is 3.58. The quantitative estimate of drug-likeness (QED) is 0.539. The first-order valence-corrected chi connectivity index (χ1v) is 8.85. The SMILES string of the molecule is CC(=O)NC1=C(C#N)C(c2cccc([N+](=O)[O-])c2)c2ccc3ccccc3c2O1. The lowest BCUT2D eigenvalue weighted by Crippen LogP contribution is -2.29. The Balaban J connectivity index is 2.01. The summed E-state index contributed by atoms with van der Waals surface area (Å²) >= 11 is 0. The van der Waals surface area contributed by atoms with Gasteiger partial charge in [0, 0.05) is 30.0 Å². The van der Waals surface area contributed by atoms with Crippen LogP contribution >= 0.6 is 0 Å². The molecule has 142 valence electrons. The molecule has 0 fully saturated rings. The Kier molecular flexibility index (Phi) is 4.45. The average Bonchev–Trinajstić information content (AvgIpc) is 2.72. The zero-order chi connectivity index (χ0) is 20.5. The summed E-state index contributed by atoms with van der Waals surface area (Å²) in [7, 11) is 0. The molecule has 0 saturated heterocycles. The number of nitrogens with zero attached hydrogens (tertiary/aromatic N) is 2. The van der Waals surface area contributed by atoms with Crippen molar-refractivity contribution in [3.63, 3.8) is 0 Å². The topological polar surface area (TPSA) is 105 Å². The van der Waals surface area contributed by atoms with E-state index < -0.39 is 10.8 Å². The van der Waals surface area contributed by atoms with Crippen molar-refractivity contribution < 1.29 is 14.5 Å². The van der Waals surface area contributed by atoms with Gasteiger partial charge in [-0.05, 0) is 10.9 Å². The van der Waals surface area contributed by atoms with Gasteiger partial charge in [-0.15, -0.1) is 0 Å². The maximum Gasteiger partial charge on any atom is 0.269 e. The third-order valence-electron chi connectivity index (χ3n) is 4.78. The van der Waals surface area contributed by atoms with Crippen molar-refractivity contribution in [3.05, 3.63) is 93.4 Å². The smallest absolute Gasteiger partial charge is 0.269 e. The van der Waals surface area contributed by atoms with Crippen molar-refractivity contribution in [1.82, 2.24) is 5.32 Å². The summed E-state index contributed by atoms with van der Waals surface area (Å²) < 4.78 is 5.98. The molecule has 4 rings (SSSR count). The molecule has 29 heavy (non-hydrogen) atoms. The summed E-state index contributed by atoms with van der Waals surface area (Å²) in [6.45, 7) is 1.33. The first-order valence-electron chi connectivity index (χ1n) is 8.85. The Morgan fingerprint density at radius 3 is 2.69 bits per heavy atom. The molecule has 1 N–H and O–H groups in total. The standard InChI is InChI=1S/C22H15N3O4/c1-13(26)24-22-19(12-23)20(15-6-4-7-16(11-15)25(27)28)18-10-9-14-5-2-3-8-17(14)21(18)29-22/h2-11,20H,1H3,(H,24,26). The molecule has 1 heterocycles. The van der Waals surface area contributed by atoms with Gasteiger partial charge in [0.2, 0.25) is 11.8 Å². The van der Waals surface area contributed by atoms with Crippen LogP contribution in [0.2, 0.25) is 0 Å². The molecule has 0 aliphatic carbocycles. The number of hydrogen-bond acceptors (Lipinski definition) is 5. The van der Waals surface area contributed by atoms with Crippen LogP contribution in [-0.4, -0.2) is 10.8 Å². The third-order valence-corrected chi connectivity index (χ3v) is 4.78. The van der Waals surface area contributed by atoms with Crippen molar-refractivity contribution in [3.8, 4) is 11.8 Å². The van der Waals surface area contributed by atoms with Gasteiger partial charge in [0.25, 0.3) is 5.69 Å². The Bertz CT molecular complexity index is 1240. The average molecular weight is 385 g/mol. The zero-order valence-corrected chi connectivity index (χ0v) is 15.4. The molecule has 0 saturated carbocycles. The van der Waals surface area contributed by atoms with Crippen LogP contribution in [0.3, 0.4) is 0 Å². The van der Waals surface area contributed by atoms with Gasteiger partial charge >= 0.3 is 0 Å². The van der Waals surface area contributed by atoms with Crippen molar-refractivity contribution >= 4 is 22.4 Å². The number of carbonyl (C=O) groups excluding carboxylic acids is 1. The van der Waals surface area contributed by atoms with Crippen molar-refractivity contribution in [2.24, 2.45) is 0 Å². The first-order chi connectivity index (χ1) is 14.0. The Morgan fingerprint density at radius 2 is 1.97 bits per heavy atom. The Labute approximate surface area is 166 Å². The van der Waals surface area contributed by atoms with E-state index in [1.165, 1.54) is 19.1 Å². The zero-order valence-electron chi connectivity index (χ0n) is 15.4. The van der Waals surface area contributed by atoms with Gasteiger partial charge in [0.1, 0.15) is 17.4 Å². The van der Waals surface area contributed by atoms with Crippen LogP contribution in [0, 0.1) is 21.4 Å². The lowest BCUT2D eigenvalue weighted by atomic mass is 9.82. The number of carbonyl (C=O) groups is 1. The Hall–Kier alpha value is -4.18. The molecule has 0 aromatic heterocycles. The molecule has 0 radical (unpaired) electrons. The molecule has 3 aromatic rings.